The van der Waals surface area contributed by atoms with E-state index in [1.54, 1.807) is 6.33 Å². The Hall–Kier alpha value is -3.42. The third-order valence-electron chi connectivity index (χ3n) is 6.55. The number of ether oxygens (including phenoxy) is 1. The molecule has 1 fully saturated rings. The molecule has 4 aromatic rings. The van der Waals surface area contributed by atoms with Crippen LogP contribution in [0.1, 0.15) is 12.8 Å². The van der Waals surface area contributed by atoms with Crippen molar-refractivity contribution in [2.45, 2.75) is 18.9 Å². The number of aromatic nitrogens is 3. The summed E-state index contributed by atoms with van der Waals surface area (Å²) < 4.78 is 5.88. The molecule has 2 atom stereocenters. The number of hydrogen-bond donors (Lipinski definition) is 2. The maximum absolute atomic E-state index is 10.4. The predicted octanol–water partition coefficient (Wildman–Crippen LogP) is 4.47. The fourth-order valence-corrected chi connectivity index (χ4v) is 4.40. The van der Waals surface area contributed by atoms with Crippen LogP contribution in [0.15, 0.2) is 67.1 Å². The lowest BCUT2D eigenvalue weighted by atomic mass is 9.81. The largest absolute Gasteiger partial charge is 0.492 e. The van der Waals surface area contributed by atoms with Gasteiger partial charge in [0.1, 0.15) is 30.1 Å². The van der Waals surface area contributed by atoms with Gasteiger partial charge >= 0.3 is 0 Å². The molecule has 5 rings (SSSR count). The number of likely N-dealkylation sites (N-methyl/N-ethyl adjacent to an activating group) is 1. The summed E-state index contributed by atoms with van der Waals surface area (Å²) in [6, 6.07) is 18.6. The monoisotopic (exact) mass is 457 g/mol. The Labute approximate surface area is 200 Å². The third kappa shape index (κ3) is 4.62. The molecule has 2 unspecified atom stereocenters. The first-order chi connectivity index (χ1) is 16.6. The van der Waals surface area contributed by atoms with Gasteiger partial charge in [-0.2, -0.15) is 0 Å². The van der Waals surface area contributed by atoms with E-state index in [0.717, 1.165) is 58.8 Å². The zero-order valence-electron chi connectivity index (χ0n) is 19.7. The molecule has 176 valence electrons. The number of aliphatic hydroxyl groups is 1. The van der Waals surface area contributed by atoms with Crippen molar-refractivity contribution in [3.8, 4) is 16.9 Å². The van der Waals surface area contributed by atoms with Crippen molar-refractivity contribution in [2.24, 2.45) is 5.92 Å². The first kappa shape index (κ1) is 22.4. The lowest BCUT2D eigenvalue weighted by molar-refractivity contribution is 0.0292. The van der Waals surface area contributed by atoms with E-state index in [9.17, 15) is 5.11 Å². The van der Waals surface area contributed by atoms with E-state index in [2.05, 4.69) is 61.1 Å². The Balaban J connectivity index is 1.50. The van der Waals surface area contributed by atoms with E-state index in [1.807, 2.05) is 38.5 Å². The highest BCUT2D eigenvalue weighted by molar-refractivity contribution is 5.92. The van der Waals surface area contributed by atoms with E-state index < -0.39 is 0 Å². The first-order valence-electron chi connectivity index (χ1n) is 11.8. The third-order valence-corrected chi connectivity index (χ3v) is 6.55. The fourth-order valence-electron chi connectivity index (χ4n) is 4.40. The summed E-state index contributed by atoms with van der Waals surface area (Å²) in [5, 5.41) is 11.3. The van der Waals surface area contributed by atoms with Gasteiger partial charge < -0.3 is 24.6 Å². The second kappa shape index (κ2) is 9.83. The molecule has 0 aliphatic heterocycles. The van der Waals surface area contributed by atoms with Gasteiger partial charge in [0.05, 0.1) is 17.2 Å². The highest BCUT2D eigenvalue weighted by Gasteiger charge is 2.32. The molecule has 2 N–H and O–H groups in total. The van der Waals surface area contributed by atoms with E-state index in [-0.39, 0.29) is 12.0 Å². The Morgan fingerprint density at radius 3 is 2.59 bits per heavy atom. The standard InChI is InChI=1S/C27H31N5O2/c1-31(2)15-16-34-21-10-7-19(8-11-21)22-5-3-4-6-24(22)32(17-20-9-12-25(20)33)27-23-13-14-28-26(23)29-18-30-27/h3-8,10-11,13-14,18,20,25,33H,9,12,15-17H2,1-2H3,(H,28,29,30). The number of rotatable bonds is 9. The van der Waals surface area contributed by atoms with E-state index >= 15 is 0 Å². The van der Waals surface area contributed by atoms with Crippen LogP contribution in [-0.4, -0.2) is 64.9 Å². The summed E-state index contributed by atoms with van der Waals surface area (Å²) in [5.74, 6) is 1.92. The van der Waals surface area contributed by atoms with Crippen molar-refractivity contribution in [3.63, 3.8) is 0 Å². The Bertz CT molecular complexity index is 1240. The van der Waals surface area contributed by atoms with Crippen LogP contribution in [0.4, 0.5) is 11.5 Å². The molecule has 0 spiro atoms. The normalized spacial score (nSPS) is 17.6. The molecular weight excluding hydrogens is 426 g/mol. The lowest BCUT2D eigenvalue weighted by Crippen LogP contribution is -2.40. The van der Waals surface area contributed by atoms with Crippen molar-refractivity contribution < 1.29 is 9.84 Å². The predicted molar refractivity (Wildman–Crippen MR) is 136 cm³/mol. The van der Waals surface area contributed by atoms with Crippen molar-refractivity contribution in [1.29, 1.82) is 0 Å². The number of nitrogens with zero attached hydrogens (tertiary/aromatic N) is 4. The number of fused-ring (bicyclic) bond motifs is 1. The average Bonchev–Trinajstić information content (AvgIpc) is 3.33. The summed E-state index contributed by atoms with van der Waals surface area (Å²) in [6.07, 6.45) is 5.09. The van der Waals surface area contributed by atoms with Crippen LogP contribution in [0.5, 0.6) is 5.75 Å². The number of H-pyrrole nitrogens is 1. The molecule has 2 aromatic carbocycles. The molecule has 1 aliphatic carbocycles. The van der Waals surface area contributed by atoms with Gasteiger partial charge in [0.2, 0.25) is 0 Å². The van der Waals surface area contributed by atoms with Crippen LogP contribution in [0, 0.1) is 5.92 Å². The van der Waals surface area contributed by atoms with Crippen LogP contribution in [0.25, 0.3) is 22.2 Å². The Kier molecular flexibility index (Phi) is 6.47. The van der Waals surface area contributed by atoms with Crippen LogP contribution < -0.4 is 9.64 Å². The van der Waals surface area contributed by atoms with Gasteiger partial charge in [0.15, 0.2) is 0 Å². The molecule has 0 saturated heterocycles. The number of nitrogens with one attached hydrogen (secondary N) is 1. The maximum Gasteiger partial charge on any atom is 0.145 e. The van der Waals surface area contributed by atoms with Crippen LogP contribution in [0.3, 0.4) is 0 Å². The number of anilines is 2. The van der Waals surface area contributed by atoms with Crippen molar-refractivity contribution in [2.75, 3.05) is 38.7 Å². The topological polar surface area (TPSA) is 77.5 Å². The zero-order valence-corrected chi connectivity index (χ0v) is 19.7. The van der Waals surface area contributed by atoms with Gasteiger partial charge in [-0.3, -0.25) is 0 Å². The van der Waals surface area contributed by atoms with E-state index in [4.69, 9.17) is 4.74 Å². The Morgan fingerprint density at radius 1 is 1.03 bits per heavy atom. The molecule has 1 saturated carbocycles. The summed E-state index contributed by atoms with van der Waals surface area (Å²) in [6.45, 7) is 2.22. The van der Waals surface area contributed by atoms with Crippen molar-refractivity contribution in [3.05, 3.63) is 67.1 Å². The Morgan fingerprint density at radius 2 is 1.85 bits per heavy atom. The quantitative estimate of drug-likeness (QED) is 0.386. The summed E-state index contributed by atoms with van der Waals surface area (Å²) in [5.41, 5.74) is 4.08. The zero-order chi connectivity index (χ0) is 23.5. The summed E-state index contributed by atoms with van der Waals surface area (Å²) in [4.78, 5) is 16.6. The number of hydrogen-bond acceptors (Lipinski definition) is 6. The SMILES string of the molecule is CN(C)CCOc1ccc(-c2ccccc2N(CC2CCC2O)c2ncnc3[nH]ccc23)cc1. The minimum Gasteiger partial charge on any atom is -0.492 e. The van der Waals surface area contributed by atoms with E-state index in [0.29, 0.717) is 13.2 Å². The molecule has 0 bridgehead atoms. The lowest BCUT2D eigenvalue weighted by Gasteiger charge is -2.38. The second-order valence-electron chi connectivity index (χ2n) is 9.15. The van der Waals surface area contributed by atoms with Gasteiger partial charge in [0, 0.05) is 30.8 Å². The molecule has 7 nitrogen and oxygen atoms in total. The van der Waals surface area contributed by atoms with Gasteiger partial charge in [-0.15, -0.1) is 0 Å². The molecule has 7 heteroatoms. The molecule has 1 aliphatic rings. The van der Waals surface area contributed by atoms with Gasteiger partial charge in [-0.1, -0.05) is 30.3 Å². The molecule has 2 heterocycles. The van der Waals surface area contributed by atoms with Gasteiger partial charge in [0.25, 0.3) is 0 Å². The number of para-hydroxylation sites is 1. The highest BCUT2D eigenvalue weighted by Crippen LogP contribution is 2.40. The fraction of sp³-hybridized carbons (Fsp3) is 0.333. The minimum absolute atomic E-state index is 0.212. The minimum atomic E-state index is -0.267. The maximum atomic E-state index is 10.4. The summed E-state index contributed by atoms with van der Waals surface area (Å²) in [7, 11) is 4.08. The van der Waals surface area contributed by atoms with Crippen LogP contribution in [-0.2, 0) is 0 Å². The average molecular weight is 458 g/mol. The van der Waals surface area contributed by atoms with Crippen LogP contribution in [0.2, 0.25) is 0 Å². The van der Waals surface area contributed by atoms with Crippen molar-refractivity contribution in [1.82, 2.24) is 19.9 Å². The van der Waals surface area contributed by atoms with Crippen molar-refractivity contribution >= 4 is 22.5 Å². The molecule has 0 amide bonds. The first-order valence-corrected chi connectivity index (χ1v) is 11.8. The molecular formula is C27H31N5O2. The molecule has 34 heavy (non-hydrogen) atoms. The van der Waals surface area contributed by atoms with E-state index in [1.165, 1.54) is 0 Å². The van der Waals surface area contributed by atoms with Crippen LogP contribution >= 0.6 is 0 Å². The number of benzene rings is 2. The molecule has 0 radical (unpaired) electrons. The van der Waals surface area contributed by atoms with Gasteiger partial charge in [-0.25, -0.2) is 9.97 Å². The smallest absolute Gasteiger partial charge is 0.145 e. The highest BCUT2D eigenvalue weighted by atomic mass is 16.5. The molecule has 2 aromatic heterocycles. The number of aliphatic hydroxyl groups excluding tert-OH is 1. The van der Waals surface area contributed by atoms with Gasteiger partial charge in [-0.05, 0) is 56.8 Å². The number of aromatic amines is 1. The second-order valence-corrected chi connectivity index (χ2v) is 9.15. The summed E-state index contributed by atoms with van der Waals surface area (Å²) >= 11 is 0.